The predicted octanol–water partition coefficient (Wildman–Crippen LogP) is 3.76. The van der Waals surface area contributed by atoms with E-state index < -0.39 is 0 Å². The number of aryl methyl sites for hydroxylation is 1. The summed E-state index contributed by atoms with van der Waals surface area (Å²) in [5.41, 5.74) is 3.58. The monoisotopic (exact) mass is 387 g/mol. The van der Waals surface area contributed by atoms with Crippen molar-refractivity contribution in [3.8, 4) is 0 Å². The minimum Gasteiger partial charge on any atom is -0.339 e. The molecule has 0 aromatic carbocycles. The first-order valence-corrected chi connectivity index (χ1v) is 11.1. The maximum atomic E-state index is 5.59. The Balaban J connectivity index is 1.22. The second-order valence-electron chi connectivity index (χ2n) is 8.89. The standard InChI is InChI=1S/C20H29N5OS/c1-14-17(27-13-21-14)11-25-8-6-20(7-9-25)10-16(24(2)12-20)18-22-19(26-23-18)15-4-3-5-15/h13,15-16H,3-12H2,1-2H3. The molecule has 2 aromatic rings. The predicted molar refractivity (Wildman–Crippen MR) is 105 cm³/mol. The van der Waals surface area contributed by atoms with Crippen LogP contribution in [0.5, 0.6) is 0 Å². The van der Waals surface area contributed by atoms with E-state index in [4.69, 9.17) is 9.51 Å². The van der Waals surface area contributed by atoms with E-state index >= 15 is 0 Å². The van der Waals surface area contributed by atoms with Crippen LogP contribution in [0.25, 0.3) is 0 Å². The molecule has 0 amide bonds. The summed E-state index contributed by atoms with van der Waals surface area (Å²) in [5.74, 6) is 2.31. The highest BCUT2D eigenvalue weighted by atomic mass is 32.1. The molecule has 5 rings (SSSR count). The van der Waals surface area contributed by atoms with Gasteiger partial charge in [-0.05, 0) is 64.6 Å². The molecular weight excluding hydrogens is 358 g/mol. The van der Waals surface area contributed by atoms with Crippen molar-refractivity contribution in [2.75, 3.05) is 26.7 Å². The lowest BCUT2D eigenvalue weighted by Gasteiger charge is -2.39. The van der Waals surface area contributed by atoms with E-state index in [2.05, 4.69) is 33.9 Å². The Bertz CT molecular complexity index is 790. The van der Waals surface area contributed by atoms with Gasteiger partial charge in [0.15, 0.2) is 5.82 Å². The van der Waals surface area contributed by atoms with Gasteiger partial charge < -0.3 is 4.52 Å². The van der Waals surface area contributed by atoms with E-state index in [1.807, 2.05) is 5.51 Å². The topological polar surface area (TPSA) is 58.3 Å². The third kappa shape index (κ3) is 3.34. The molecule has 1 aliphatic carbocycles. The molecule has 6 nitrogen and oxygen atoms in total. The van der Waals surface area contributed by atoms with Crippen molar-refractivity contribution in [3.05, 3.63) is 27.8 Å². The Kier molecular flexibility index (Phi) is 4.57. The molecule has 2 aromatic heterocycles. The van der Waals surface area contributed by atoms with E-state index in [0.29, 0.717) is 17.4 Å². The highest BCUT2D eigenvalue weighted by Crippen LogP contribution is 2.48. The second-order valence-corrected chi connectivity index (χ2v) is 9.83. The molecule has 2 saturated heterocycles. The number of hydrogen-bond acceptors (Lipinski definition) is 7. The molecule has 4 heterocycles. The van der Waals surface area contributed by atoms with Crippen LogP contribution in [0, 0.1) is 12.3 Å². The van der Waals surface area contributed by atoms with Crippen LogP contribution in [-0.4, -0.2) is 51.6 Å². The molecule has 1 unspecified atom stereocenters. The van der Waals surface area contributed by atoms with Crippen LogP contribution in [-0.2, 0) is 6.54 Å². The summed E-state index contributed by atoms with van der Waals surface area (Å²) < 4.78 is 5.59. The van der Waals surface area contributed by atoms with Gasteiger partial charge in [-0.1, -0.05) is 11.6 Å². The molecule has 3 aliphatic rings. The van der Waals surface area contributed by atoms with Crippen molar-refractivity contribution < 1.29 is 4.52 Å². The van der Waals surface area contributed by atoms with Gasteiger partial charge in [0.25, 0.3) is 0 Å². The summed E-state index contributed by atoms with van der Waals surface area (Å²) >= 11 is 1.79. The van der Waals surface area contributed by atoms with E-state index in [9.17, 15) is 0 Å². The van der Waals surface area contributed by atoms with Crippen LogP contribution >= 0.6 is 11.3 Å². The number of likely N-dealkylation sites (tertiary alicyclic amines) is 2. The second kappa shape index (κ2) is 6.94. The van der Waals surface area contributed by atoms with Gasteiger partial charge >= 0.3 is 0 Å². The normalized spacial score (nSPS) is 26.7. The minimum absolute atomic E-state index is 0.317. The molecule has 7 heteroatoms. The Labute approximate surface area is 165 Å². The lowest BCUT2D eigenvalue weighted by molar-refractivity contribution is 0.106. The highest BCUT2D eigenvalue weighted by Gasteiger charge is 2.46. The first kappa shape index (κ1) is 17.8. The first-order chi connectivity index (χ1) is 13.1. The van der Waals surface area contributed by atoms with Gasteiger partial charge in [0, 0.05) is 23.9 Å². The largest absolute Gasteiger partial charge is 0.339 e. The number of rotatable bonds is 4. The smallest absolute Gasteiger partial charge is 0.229 e. The molecule has 0 bridgehead atoms. The van der Waals surface area contributed by atoms with Gasteiger partial charge in [-0.2, -0.15) is 4.98 Å². The Morgan fingerprint density at radius 1 is 1.30 bits per heavy atom. The van der Waals surface area contributed by atoms with Crippen LogP contribution in [0.3, 0.4) is 0 Å². The third-order valence-corrected chi connectivity index (χ3v) is 8.00. The van der Waals surface area contributed by atoms with Crippen LogP contribution in [0.15, 0.2) is 10.0 Å². The van der Waals surface area contributed by atoms with E-state index in [0.717, 1.165) is 24.8 Å². The van der Waals surface area contributed by atoms with E-state index in [-0.39, 0.29) is 0 Å². The molecule has 27 heavy (non-hydrogen) atoms. The number of piperidine rings is 1. The summed E-state index contributed by atoms with van der Waals surface area (Å²) in [4.78, 5) is 15.7. The summed E-state index contributed by atoms with van der Waals surface area (Å²) in [6.45, 7) is 6.69. The molecule has 0 N–H and O–H groups in total. The molecule has 0 radical (unpaired) electrons. The molecule has 1 atom stereocenters. The number of aromatic nitrogens is 3. The SMILES string of the molecule is Cc1ncsc1CN1CCC2(CC1)CC(c1noc(C3CCC3)n1)N(C)C2. The Hall–Kier alpha value is -1.31. The summed E-state index contributed by atoms with van der Waals surface area (Å²) in [6.07, 6.45) is 7.41. The van der Waals surface area contributed by atoms with Crippen molar-refractivity contribution >= 4 is 11.3 Å². The van der Waals surface area contributed by atoms with E-state index in [1.54, 1.807) is 11.3 Å². The molecule has 3 fully saturated rings. The molecule has 2 aliphatic heterocycles. The molecule has 146 valence electrons. The average Bonchev–Trinajstić information content (AvgIpc) is 3.30. The van der Waals surface area contributed by atoms with Crippen LogP contribution < -0.4 is 0 Å². The minimum atomic E-state index is 0.317. The highest BCUT2D eigenvalue weighted by molar-refractivity contribution is 7.09. The van der Waals surface area contributed by atoms with Gasteiger partial charge in [0.1, 0.15) is 0 Å². The summed E-state index contributed by atoms with van der Waals surface area (Å²) in [6, 6.07) is 0.317. The molecule has 1 saturated carbocycles. The zero-order valence-corrected chi connectivity index (χ0v) is 17.2. The van der Waals surface area contributed by atoms with Gasteiger partial charge in [-0.15, -0.1) is 11.3 Å². The fourth-order valence-corrected chi connectivity index (χ4v) is 5.81. The number of nitrogens with zero attached hydrogens (tertiary/aromatic N) is 5. The summed E-state index contributed by atoms with van der Waals surface area (Å²) in [5, 5.41) is 4.36. The van der Waals surface area contributed by atoms with Crippen LogP contribution in [0.4, 0.5) is 0 Å². The maximum Gasteiger partial charge on any atom is 0.229 e. The van der Waals surface area contributed by atoms with E-state index in [1.165, 1.54) is 62.2 Å². The average molecular weight is 388 g/mol. The number of thiazole rings is 1. The lowest BCUT2D eigenvalue weighted by Crippen LogP contribution is -2.40. The lowest BCUT2D eigenvalue weighted by atomic mass is 9.76. The van der Waals surface area contributed by atoms with Crippen LogP contribution in [0.1, 0.15) is 72.8 Å². The van der Waals surface area contributed by atoms with Gasteiger partial charge in [0.2, 0.25) is 5.89 Å². The Morgan fingerprint density at radius 3 is 2.78 bits per heavy atom. The molecular formula is C20H29N5OS. The molecule has 1 spiro atoms. The first-order valence-electron chi connectivity index (χ1n) is 10.3. The van der Waals surface area contributed by atoms with Gasteiger partial charge in [0.05, 0.1) is 17.2 Å². The Morgan fingerprint density at radius 2 is 2.11 bits per heavy atom. The fraction of sp³-hybridized carbons (Fsp3) is 0.750. The quantitative estimate of drug-likeness (QED) is 0.796. The van der Waals surface area contributed by atoms with Crippen molar-refractivity contribution in [2.45, 2.75) is 64.0 Å². The number of hydrogen-bond donors (Lipinski definition) is 0. The van der Waals surface area contributed by atoms with Crippen molar-refractivity contribution in [2.24, 2.45) is 5.41 Å². The van der Waals surface area contributed by atoms with Crippen molar-refractivity contribution in [1.82, 2.24) is 24.9 Å². The van der Waals surface area contributed by atoms with Gasteiger partial charge in [-0.25, -0.2) is 4.98 Å². The zero-order valence-electron chi connectivity index (χ0n) is 16.4. The maximum absolute atomic E-state index is 5.59. The van der Waals surface area contributed by atoms with Crippen LogP contribution in [0.2, 0.25) is 0 Å². The zero-order chi connectivity index (χ0) is 18.4. The van der Waals surface area contributed by atoms with Crippen molar-refractivity contribution in [3.63, 3.8) is 0 Å². The summed E-state index contributed by atoms with van der Waals surface area (Å²) in [7, 11) is 2.23. The van der Waals surface area contributed by atoms with Crippen molar-refractivity contribution in [1.29, 1.82) is 0 Å². The fourth-order valence-electron chi connectivity index (χ4n) is 4.99. The van der Waals surface area contributed by atoms with Gasteiger partial charge in [-0.3, -0.25) is 9.80 Å². The third-order valence-electron chi connectivity index (χ3n) is 7.08.